The van der Waals surface area contributed by atoms with Crippen molar-refractivity contribution in [1.29, 1.82) is 0 Å². The van der Waals surface area contributed by atoms with E-state index in [1.807, 2.05) is 0 Å². The molecule has 0 bridgehead atoms. The average Bonchev–Trinajstić information content (AvgIpc) is 2.14. The molecular weight excluding hydrogens is 170 g/mol. The lowest BCUT2D eigenvalue weighted by molar-refractivity contribution is -0.113. The highest BCUT2D eigenvalue weighted by molar-refractivity contribution is 5.91. The second-order valence-corrected chi connectivity index (χ2v) is 2.22. The number of imide groups is 1. The van der Waals surface area contributed by atoms with E-state index in [0.717, 1.165) is 17.5 Å². The van der Waals surface area contributed by atoms with Crippen molar-refractivity contribution in [3.8, 4) is 0 Å². The topological polar surface area (TPSA) is 75.8 Å². The minimum absolute atomic E-state index is 0.357. The lowest BCUT2D eigenvalue weighted by Gasteiger charge is -2.03. The van der Waals surface area contributed by atoms with Gasteiger partial charge >= 0.3 is 6.03 Å². The lowest BCUT2D eigenvalue weighted by atomic mass is 10.3. The molecule has 3 amide bonds. The largest absolute Gasteiger partial charge is 0.353 e. The Bertz CT molecular complexity index is 205. The van der Waals surface area contributed by atoms with Crippen LogP contribution in [0.1, 0.15) is 12.8 Å². The van der Waals surface area contributed by atoms with Crippen molar-refractivity contribution in [2.45, 2.75) is 12.8 Å². The van der Waals surface area contributed by atoms with Gasteiger partial charge in [-0.05, 0) is 19.4 Å². The zero-order valence-corrected chi connectivity index (χ0v) is 7.35. The van der Waals surface area contributed by atoms with Gasteiger partial charge in [-0.3, -0.25) is 4.79 Å². The highest BCUT2D eigenvalue weighted by atomic mass is 16.2. The van der Waals surface area contributed by atoms with Crippen LogP contribution < -0.4 is 5.73 Å². The Morgan fingerprint density at radius 3 is 2.77 bits per heavy atom. The van der Waals surface area contributed by atoms with E-state index in [1.165, 1.54) is 6.21 Å². The maximum atomic E-state index is 11.0. The first-order valence-corrected chi connectivity index (χ1v) is 3.89. The Balaban J connectivity index is 3.90. The van der Waals surface area contributed by atoms with E-state index in [0.29, 0.717) is 19.4 Å². The SMILES string of the molecule is C=CN(C=O)C(=O)N=CCCCN. The number of carbonyl (C=O) groups is 2. The van der Waals surface area contributed by atoms with E-state index in [4.69, 9.17) is 5.73 Å². The van der Waals surface area contributed by atoms with Gasteiger partial charge in [0.25, 0.3) is 0 Å². The number of unbranched alkanes of at least 4 members (excludes halogenated alkanes) is 1. The first-order chi connectivity index (χ1) is 6.26. The number of nitrogens with zero attached hydrogens (tertiary/aromatic N) is 2. The Labute approximate surface area is 76.9 Å². The van der Waals surface area contributed by atoms with E-state index < -0.39 is 6.03 Å². The predicted molar refractivity (Wildman–Crippen MR) is 50.3 cm³/mol. The zero-order valence-electron chi connectivity index (χ0n) is 7.35. The fraction of sp³-hybridized carbons (Fsp3) is 0.375. The molecule has 0 saturated carbocycles. The quantitative estimate of drug-likeness (QED) is 0.383. The van der Waals surface area contributed by atoms with Crippen LogP contribution >= 0.6 is 0 Å². The molecule has 0 heterocycles. The van der Waals surface area contributed by atoms with E-state index in [2.05, 4.69) is 11.6 Å². The normalized spacial score (nSPS) is 9.92. The van der Waals surface area contributed by atoms with E-state index in [-0.39, 0.29) is 0 Å². The summed E-state index contributed by atoms with van der Waals surface area (Å²) in [5.74, 6) is 0. The molecule has 0 fully saturated rings. The number of hydrogen-bond acceptors (Lipinski definition) is 3. The third kappa shape index (κ3) is 4.86. The van der Waals surface area contributed by atoms with Crippen LogP contribution in [0.5, 0.6) is 0 Å². The van der Waals surface area contributed by atoms with Crippen molar-refractivity contribution in [2.75, 3.05) is 6.54 Å². The summed E-state index contributed by atoms with van der Waals surface area (Å²) < 4.78 is 0. The first-order valence-electron chi connectivity index (χ1n) is 3.89. The number of urea groups is 1. The van der Waals surface area contributed by atoms with Crippen LogP contribution in [0.4, 0.5) is 4.79 Å². The third-order valence-electron chi connectivity index (χ3n) is 1.27. The summed E-state index contributed by atoms with van der Waals surface area (Å²) >= 11 is 0. The molecule has 0 aromatic heterocycles. The molecule has 72 valence electrons. The van der Waals surface area contributed by atoms with Gasteiger partial charge in [0.1, 0.15) is 0 Å². The molecule has 5 nitrogen and oxygen atoms in total. The fourth-order valence-corrected chi connectivity index (χ4v) is 0.585. The van der Waals surface area contributed by atoms with Crippen molar-refractivity contribution in [1.82, 2.24) is 4.90 Å². The van der Waals surface area contributed by atoms with Crippen molar-refractivity contribution in [3.05, 3.63) is 12.8 Å². The van der Waals surface area contributed by atoms with Crippen molar-refractivity contribution in [2.24, 2.45) is 10.7 Å². The van der Waals surface area contributed by atoms with Gasteiger partial charge in [0.15, 0.2) is 0 Å². The highest BCUT2D eigenvalue weighted by Crippen LogP contribution is 1.90. The summed E-state index contributed by atoms with van der Waals surface area (Å²) in [6.45, 7) is 3.83. The van der Waals surface area contributed by atoms with Gasteiger partial charge < -0.3 is 5.73 Å². The number of rotatable bonds is 5. The van der Waals surface area contributed by atoms with E-state index in [1.54, 1.807) is 0 Å². The van der Waals surface area contributed by atoms with Gasteiger partial charge in [-0.1, -0.05) is 6.58 Å². The van der Waals surface area contributed by atoms with Crippen LogP contribution in [0.3, 0.4) is 0 Å². The number of aliphatic imine (C=N–C) groups is 1. The molecule has 0 aromatic rings. The van der Waals surface area contributed by atoms with Crippen LogP contribution in [0.15, 0.2) is 17.8 Å². The molecule has 0 aliphatic carbocycles. The lowest BCUT2D eigenvalue weighted by Crippen LogP contribution is -2.20. The van der Waals surface area contributed by atoms with Gasteiger partial charge in [0.2, 0.25) is 6.41 Å². The van der Waals surface area contributed by atoms with Gasteiger partial charge in [0.05, 0.1) is 0 Å². The van der Waals surface area contributed by atoms with Gasteiger partial charge in [0, 0.05) is 12.4 Å². The molecule has 0 saturated heterocycles. The maximum absolute atomic E-state index is 11.0. The molecule has 0 aliphatic heterocycles. The highest BCUT2D eigenvalue weighted by Gasteiger charge is 2.04. The summed E-state index contributed by atoms with van der Waals surface area (Å²) in [5.41, 5.74) is 5.23. The van der Waals surface area contributed by atoms with Crippen LogP contribution in [0.25, 0.3) is 0 Å². The summed E-state index contributed by atoms with van der Waals surface area (Å²) in [4.78, 5) is 25.4. The predicted octanol–water partition coefficient (Wildman–Crippen LogP) is 0.518. The second kappa shape index (κ2) is 7.17. The van der Waals surface area contributed by atoms with Crippen molar-refractivity contribution in [3.63, 3.8) is 0 Å². The fourth-order valence-electron chi connectivity index (χ4n) is 0.585. The summed E-state index contributed by atoms with van der Waals surface area (Å²) in [7, 11) is 0. The molecule has 13 heavy (non-hydrogen) atoms. The Kier molecular flexibility index (Phi) is 6.35. The number of nitrogens with two attached hydrogens (primary N) is 1. The molecule has 0 atom stereocenters. The number of amides is 3. The summed E-state index contributed by atoms with van der Waals surface area (Å²) in [6, 6.07) is -0.637. The molecule has 0 radical (unpaired) electrons. The van der Waals surface area contributed by atoms with Crippen LogP contribution in [-0.4, -0.2) is 30.1 Å². The van der Waals surface area contributed by atoms with Crippen LogP contribution in [-0.2, 0) is 4.79 Å². The Hall–Kier alpha value is -1.49. The van der Waals surface area contributed by atoms with Gasteiger partial charge in [-0.15, -0.1) is 0 Å². The number of carbonyl (C=O) groups excluding carboxylic acids is 2. The molecular formula is C8H13N3O2. The van der Waals surface area contributed by atoms with Crippen LogP contribution in [0, 0.1) is 0 Å². The first kappa shape index (κ1) is 11.5. The third-order valence-corrected chi connectivity index (χ3v) is 1.27. The molecule has 2 N–H and O–H groups in total. The molecule has 0 unspecified atom stereocenters. The maximum Gasteiger partial charge on any atom is 0.353 e. The average molecular weight is 183 g/mol. The van der Waals surface area contributed by atoms with E-state index >= 15 is 0 Å². The minimum atomic E-state index is -0.637. The molecule has 5 heteroatoms. The van der Waals surface area contributed by atoms with E-state index in [9.17, 15) is 9.59 Å². The standard InChI is InChI=1S/C8H13N3O2/c1-2-11(7-12)8(13)10-6-4-3-5-9/h2,6-7H,1,3-5,9H2. The smallest absolute Gasteiger partial charge is 0.330 e. The summed E-state index contributed by atoms with van der Waals surface area (Å²) in [6.07, 6.45) is 4.30. The second-order valence-electron chi connectivity index (χ2n) is 2.22. The summed E-state index contributed by atoms with van der Waals surface area (Å²) in [5, 5.41) is 0. The van der Waals surface area contributed by atoms with Gasteiger partial charge in [-0.2, -0.15) is 0 Å². The monoisotopic (exact) mass is 183 g/mol. The molecule has 0 aliphatic rings. The Morgan fingerprint density at radius 1 is 1.62 bits per heavy atom. The Morgan fingerprint density at radius 2 is 2.31 bits per heavy atom. The zero-order chi connectivity index (χ0) is 10.1. The molecule has 0 rings (SSSR count). The molecule has 0 aromatic carbocycles. The number of hydrogen-bond donors (Lipinski definition) is 1. The van der Waals surface area contributed by atoms with Gasteiger partial charge in [-0.25, -0.2) is 14.7 Å². The minimum Gasteiger partial charge on any atom is -0.330 e. The van der Waals surface area contributed by atoms with Crippen molar-refractivity contribution < 1.29 is 9.59 Å². The molecule has 0 spiro atoms. The van der Waals surface area contributed by atoms with Crippen LogP contribution in [0.2, 0.25) is 0 Å². The van der Waals surface area contributed by atoms with Crippen molar-refractivity contribution >= 4 is 18.7 Å².